The van der Waals surface area contributed by atoms with Gasteiger partial charge in [0.15, 0.2) is 11.5 Å². The van der Waals surface area contributed by atoms with Crippen LogP contribution in [0.4, 0.5) is 5.69 Å². The molecule has 168 valence electrons. The molecule has 1 aliphatic heterocycles. The molecule has 1 fully saturated rings. The van der Waals surface area contributed by atoms with E-state index >= 15 is 0 Å². The van der Waals surface area contributed by atoms with Crippen molar-refractivity contribution in [3.63, 3.8) is 0 Å². The Kier molecular flexibility index (Phi) is 5.98. The lowest BCUT2D eigenvalue weighted by molar-refractivity contribution is -0.132. The number of carbonyl (C=O) groups is 2. The summed E-state index contributed by atoms with van der Waals surface area (Å²) in [6.07, 6.45) is 0. The molecule has 0 aliphatic carbocycles. The van der Waals surface area contributed by atoms with Crippen LogP contribution in [0.15, 0.2) is 72.3 Å². The monoisotopic (exact) mass is 465 g/mol. The minimum Gasteiger partial charge on any atom is -0.508 e. The summed E-state index contributed by atoms with van der Waals surface area (Å²) in [5, 5.41) is 21.3. The molecule has 1 amide bonds. The van der Waals surface area contributed by atoms with Crippen LogP contribution < -0.4 is 14.4 Å². The quantitative estimate of drug-likeness (QED) is 0.322. The summed E-state index contributed by atoms with van der Waals surface area (Å²) in [6.45, 7) is 0. The molecular formula is C25H20ClNO6. The van der Waals surface area contributed by atoms with Crippen LogP contribution in [0, 0.1) is 0 Å². The number of aliphatic hydroxyl groups excluding tert-OH is 1. The van der Waals surface area contributed by atoms with Gasteiger partial charge in [-0.2, -0.15) is 0 Å². The van der Waals surface area contributed by atoms with Crippen molar-refractivity contribution in [3.8, 4) is 17.2 Å². The number of rotatable bonds is 5. The van der Waals surface area contributed by atoms with E-state index in [4.69, 9.17) is 21.1 Å². The Hall–Kier alpha value is -3.97. The number of ether oxygens (including phenoxy) is 2. The van der Waals surface area contributed by atoms with Crippen molar-refractivity contribution in [2.75, 3.05) is 19.1 Å². The second-order valence-electron chi connectivity index (χ2n) is 7.31. The Morgan fingerprint density at radius 3 is 2.27 bits per heavy atom. The summed E-state index contributed by atoms with van der Waals surface area (Å²) in [6, 6.07) is 16.3. The highest BCUT2D eigenvalue weighted by Crippen LogP contribution is 2.43. The third-order valence-corrected chi connectivity index (χ3v) is 5.63. The summed E-state index contributed by atoms with van der Waals surface area (Å²) in [7, 11) is 2.94. The molecule has 8 heteroatoms. The fourth-order valence-electron chi connectivity index (χ4n) is 3.84. The lowest BCUT2D eigenvalue weighted by Gasteiger charge is -2.25. The van der Waals surface area contributed by atoms with Crippen LogP contribution in [0.2, 0.25) is 5.02 Å². The number of hydrogen-bond donors (Lipinski definition) is 2. The third-order valence-electron chi connectivity index (χ3n) is 5.40. The van der Waals surface area contributed by atoms with Crippen molar-refractivity contribution in [2.45, 2.75) is 6.04 Å². The Morgan fingerprint density at radius 1 is 0.939 bits per heavy atom. The number of phenolic OH excluding ortho intramolecular Hbond substituents is 1. The van der Waals surface area contributed by atoms with Crippen LogP contribution in [0.1, 0.15) is 17.2 Å². The highest BCUT2D eigenvalue weighted by Gasteiger charge is 2.47. The first-order valence-electron chi connectivity index (χ1n) is 9.93. The van der Waals surface area contributed by atoms with E-state index in [-0.39, 0.29) is 22.6 Å². The second kappa shape index (κ2) is 8.88. The van der Waals surface area contributed by atoms with Gasteiger partial charge in [-0.3, -0.25) is 14.5 Å². The van der Waals surface area contributed by atoms with E-state index in [1.807, 2.05) is 0 Å². The topological polar surface area (TPSA) is 96.3 Å². The number of hydrogen-bond acceptors (Lipinski definition) is 6. The molecule has 0 bridgehead atoms. The zero-order valence-electron chi connectivity index (χ0n) is 17.8. The molecule has 1 heterocycles. The lowest BCUT2D eigenvalue weighted by atomic mass is 9.95. The van der Waals surface area contributed by atoms with Gasteiger partial charge in [0.05, 0.1) is 25.8 Å². The third kappa shape index (κ3) is 3.99. The predicted molar refractivity (Wildman–Crippen MR) is 124 cm³/mol. The van der Waals surface area contributed by atoms with Crippen molar-refractivity contribution in [3.05, 3.63) is 88.5 Å². The van der Waals surface area contributed by atoms with Gasteiger partial charge in [-0.25, -0.2) is 0 Å². The summed E-state index contributed by atoms with van der Waals surface area (Å²) < 4.78 is 10.5. The Bertz CT molecular complexity index is 1270. The predicted octanol–water partition coefficient (Wildman–Crippen LogP) is 4.69. The van der Waals surface area contributed by atoms with Crippen LogP contribution in [-0.4, -0.2) is 36.1 Å². The van der Waals surface area contributed by atoms with Gasteiger partial charge < -0.3 is 19.7 Å². The standard InChI is InChI=1S/C25H20ClNO6/c1-32-19-11-8-15(12-20(19)33-2)23(29)21-22(14-6-9-18(28)10-7-14)27(25(31)24(21)30)17-5-3-4-16(26)13-17/h3-13,22,28-29H,1-2H3/b23-21+. The molecule has 0 aromatic heterocycles. The first-order chi connectivity index (χ1) is 15.8. The number of phenols is 1. The van der Waals surface area contributed by atoms with Crippen molar-refractivity contribution < 1.29 is 29.3 Å². The molecule has 0 spiro atoms. The number of nitrogens with zero attached hydrogens (tertiary/aromatic N) is 1. The largest absolute Gasteiger partial charge is 0.508 e. The van der Waals surface area contributed by atoms with Crippen LogP contribution in [-0.2, 0) is 9.59 Å². The fraction of sp³-hybridized carbons (Fsp3) is 0.120. The summed E-state index contributed by atoms with van der Waals surface area (Å²) in [5.41, 5.74) is 1.10. The maximum Gasteiger partial charge on any atom is 0.300 e. The van der Waals surface area contributed by atoms with Gasteiger partial charge in [0.1, 0.15) is 11.5 Å². The lowest BCUT2D eigenvalue weighted by Crippen LogP contribution is -2.29. The van der Waals surface area contributed by atoms with Crippen molar-refractivity contribution >= 4 is 34.7 Å². The van der Waals surface area contributed by atoms with E-state index in [0.717, 1.165) is 0 Å². The van der Waals surface area contributed by atoms with Crippen molar-refractivity contribution in [1.82, 2.24) is 0 Å². The molecule has 7 nitrogen and oxygen atoms in total. The minimum atomic E-state index is -0.947. The first kappa shape index (κ1) is 22.2. The summed E-state index contributed by atoms with van der Waals surface area (Å²) in [4.78, 5) is 27.6. The normalized spacial score (nSPS) is 17.3. The highest BCUT2D eigenvalue weighted by molar-refractivity contribution is 6.51. The van der Waals surface area contributed by atoms with Crippen LogP contribution in [0.3, 0.4) is 0 Å². The number of amides is 1. The van der Waals surface area contributed by atoms with Crippen molar-refractivity contribution in [1.29, 1.82) is 0 Å². The van der Waals surface area contributed by atoms with Gasteiger partial charge in [0.25, 0.3) is 11.7 Å². The molecule has 2 N–H and O–H groups in total. The summed E-state index contributed by atoms with van der Waals surface area (Å²) >= 11 is 6.14. The number of ketones is 1. The molecule has 1 aliphatic rings. The molecule has 0 radical (unpaired) electrons. The number of benzene rings is 3. The maximum absolute atomic E-state index is 13.2. The number of anilines is 1. The zero-order valence-corrected chi connectivity index (χ0v) is 18.5. The molecule has 4 rings (SSSR count). The maximum atomic E-state index is 13.2. The van der Waals surface area contributed by atoms with E-state index < -0.39 is 17.7 Å². The fourth-order valence-corrected chi connectivity index (χ4v) is 4.02. The Labute approximate surface area is 195 Å². The number of aromatic hydroxyl groups is 1. The molecule has 33 heavy (non-hydrogen) atoms. The van der Waals surface area contributed by atoms with E-state index in [2.05, 4.69) is 0 Å². The number of carbonyl (C=O) groups excluding carboxylic acids is 2. The molecular weight excluding hydrogens is 446 g/mol. The number of methoxy groups -OCH3 is 2. The van der Waals surface area contributed by atoms with E-state index in [1.165, 1.54) is 37.3 Å². The number of halogens is 1. The minimum absolute atomic E-state index is 0.0262. The molecule has 1 unspecified atom stereocenters. The average molecular weight is 466 g/mol. The van der Waals surface area contributed by atoms with Crippen LogP contribution in [0.25, 0.3) is 5.76 Å². The van der Waals surface area contributed by atoms with Crippen molar-refractivity contribution in [2.24, 2.45) is 0 Å². The van der Waals surface area contributed by atoms with E-state index in [1.54, 1.807) is 48.5 Å². The molecule has 1 saturated heterocycles. The first-order valence-corrected chi connectivity index (χ1v) is 10.3. The van der Waals surface area contributed by atoms with E-state index in [9.17, 15) is 19.8 Å². The molecule has 1 atom stereocenters. The molecule has 3 aromatic rings. The zero-order chi connectivity index (χ0) is 23.7. The van der Waals surface area contributed by atoms with Gasteiger partial charge in [-0.1, -0.05) is 29.8 Å². The number of Topliss-reactive ketones (excluding diaryl/α,β-unsaturated/α-hetero) is 1. The van der Waals surface area contributed by atoms with Crippen LogP contribution >= 0.6 is 11.6 Å². The Balaban J connectivity index is 1.94. The highest BCUT2D eigenvalue weighted by atomic mass is 35.5. The number of aliphatic hydroxyl groups is 1. The Morgan fingerprint density at radius 2 is 1.64 bits per heavy atom. The van der Waals surface area contributed by atoms with Gasteiger partial charge in [0.2, 0.25) is 0 Å². The SMILES string of the molecule is COc1ccc(/C(O)=C2\C(=O)C(=O)N(c3cccc(Cl)c3)C2c2ccc(O)cc2)cc1OC. The van der Waals surface area contributed by atoms with Gasteiger partial charge in [0, 0.05) is 16.3 Å². The smallest absolute Gasteiger partial charge is 0.300 e. The average Bonchev–Trinajstić information content (AvgIpc) is 3.09. The molecule has 0 saturated carbocycles. The van der Waals surface area contributed by atoms with Gasteiger partial charge in [-0.15, -0.1) is 0 Å². The molecule has 3 aromatic carbocycles. The summed E-state index contributed by atoms with van der Waals surface area (Å²) in [5.74, 6) is -1.19. The van der Waals surface area contributed by atoms with E-state index in [0.29, 0.717) is 27.8 Å². The second-order valence-corrected chi connectivity index (χ2v) is 7.75. The van der Waals surface area contributed by atoms with Gasteiger partial charge in [-0.05, 0) is 54.1 Å². The van der Waals surface area contributed by atoms with Crippen LogP contribution in [0.5, 0.6) is 17.2 Å². The van der Waals surface area contributed by atoms with Gasteiger partial charge >= 0.3 is 0 Å².